The lowest BCUT2D eigenvalue weighted by Gasteiger charge is -2.34. The Kier molecular flexibility index (Phi) is 10.3. The Bertz CT molecular complexity index is 1490. The van der Waals surface area contributed by atoms with E-state index in [1.165, 1.54) is 13.0 Å². The Morgan fingerprint density at radius 3 is 2.23 bits per heavy atom. The van der Waals surface area contributed by atoms with Gasteiger partial charge in [-0.15, -0.1) is 5.10 Å². The first-order chi connectivity index (χ1) is 20.6. The van der Waals surface area contributed by atoms with E-state index in [1.54, 1.807) is 0 Å². The molecular weight excluding hydrogens is 664 g/mol. The minimum atomic E-state index is -4.99. The van der Waals surface area contributed by atoms with E-state index in [4.69, 9.17) is 23.2 Å². The van der Waals surface area contributed by atoms with Gasteiger partial charge in [-0.25, -0.2) is 0 Å². The Balaban J connectivity index is 1.91. The first-order valence-electron chi connectivity index (χ1n) is 13.0. The van der Waals surface area contributed by atoms with Crippen LogP contribution in [0.3, 0.4) is 0 Å². The minimum absolute atomic E-state index is 0.107. The lowest BCUT2D eigenvalue weighted by molar-refractivity contribution is -0.253. The summed E-state index contributed by atoms with van der Waals surface area (Å²) in [5.41, 5.74) is -1.59. The molecule has 1 aliphatic rings. The van der Waals surface area contributed by atoms with Gasteiger partial charge in [0.1, 0.15) is 10.9 Å². The molecule has 1 atom stereocenters. The molecule has 1 aromatic heterocycles. The van der Waals surface area contributed by atoms with E-state index in [0.717, 1.165) is 48.4 Å². The summed E-state index contributed by atoms with van der Waals surface area (Å²) >= 11 is 12.9. The SMILES string of the molecule is Cc1nnsc1C(=O)N(c1cc(Cl)c(OC(F)(F)C(F)F)c(Cl)c1)C(C(=O)NC1CCCCC1)c1cccc(C(F)(F)F)c1. The van der Waals surface area contributed by atoms with Crippen molar-refractivity contribution in [2.75, 3.05) is 4.90 Å². The van der Waals surface area contributed by atoms with Crippen LogP contribution in [0.25, 0.3) is 0 Å². The number of aromatic nitrogens is 2. The van der Waals surface area contributed by atoms with Crippen molar-refractivity contribution < 1.29 is 45.1 Å². The summed E-state index contributed by atoms with van der Waals surface area (Å²) in [5.74, 6) is -2.86. The van der Waals surface area contributed by atoms with Gasteiger partial charge in [0.25, 0.3) is 5.91 Å². The molecule has 2 aromatic carbocycles. The third-order valence-corrected chi connectivity index (χ3v) is 8.18. The van der Waals surface area contributed by atoms with Gasteiger partial charge in [-0.05, 0) is 61.1 Å². The first-order valence-corrected chi connectivity index (χ1v) is 14.6. The van der Waals surface area contributed by atoms with Gasteiger partial charge in [-0.1, -0.05) is 59.1 Å². The predicted octanol–water partition coefficient (Wildman–Crippen LogP) is 8.25. The smallest absolute Gasteiger partial charge is 0.425 e. The fourth-order valence-electron chi connectivity index (χ4n) is 4.71. The molecule has 238 valence electrons. The van der Waals surface area contributed by atoms with Crippen molar-refractivity contribution in [1.29, 1.82) is 0 Å². The quantitative estimate of drug-likeness (QED) is 0.229. The molecule has 3 aromatic rings. The van der Waals surface area contributed by atoms with Crippen molar-refractivity contribution in [1.82, 2.24) is 14.9 Å². The van der Waals surface area contributed by atoms with E-state index < -0.39 is 57.9 Å². The highest BCUT2D eigenvalue weighted by atomic mass is 35.5. The second-order valence-electron chi connectivity index (χ2n) is 9.94. The number of benzene rings is 2. The maximum atomic E-state index is 14.1. The van der Waals surface area contributed by atoms with Gasteiger partial charge in [0.2, 0.25) is 5.91 Å². The van der Waals surface area contributed by atoms with Crippen LogP contribution in [0.15, 0.2) is 36.4 Å². The largest absolute Gasteiger partial charge is 0.461 e. The molecule has 17 heteroatoms. The number of nitrogens with zero attached hydrogens (tertiary/aromatic N) is 3. The van der Waals surface area contributed by atoms with Gasteiger partial charge in [-0.3, -0.25) is 14.5 Å². The highest BCUT2D eigenvalue weighted by Crippen LogP contribution is 2.43. The van der Waals surface area contributed by atoms with Gasteiger partial charge in [0.05, 0.1) is 21.3 Å². The number of ether oxygens (including phenoxy) is 1. The molecule has 4 rings (SSSR count). The van der Waals surface area contributed by atoms with Crippen molar-refractivity contribution >= 4 is 52.2 Å². The van der Waals surface area contributed by atoms with Crippen LogP contribution in [0, 0.1) is 6.92 Å². The number of carbonyl (C=O) groups excluding carboxylic acids is 2. The number of rotatable bonds is 9. The average molecular weight is 687 g/mol. The van der Waals surface area contributed by atoms with Crippen LogP contribution in [0.5, 0.6) is 5.75 Å². The summed E-state index contributed by atoms with van der Waals surface area (Å²) in [7, 11) is 0. The molecule has 0 bridgehead atoms. The Labute approximate surface area is 260 Å². The standard InChI is InChI=1S/C27H23Cl2F7N4O3S/c1-13-22(44-39-38-13)24(42)40(17-11-18(28)21(19(29)12-17)43-27(35,36)25(30)31)20(23(41)37-16-8-3-2-4-9-16)14-6-5-7-15(10-14)26(32,33)34/h5-7,10-12,16,20,25H,2-4,8-9H2,1H3,(H,37,41). The van der Waals surface area contributed by atoms with Crippen molar-refractivity contribution in [2.24, 2.45) is 0 Å². The highest BCUT2D eigenvalue weighted by molar-refractivity contribution is 7.08. The van der Waals surface area contributed by atoms with Gasteiger partial charge < -0.3 is 10.1 Å². The molecule has 0 spiro atoms. The van der Waals surface area contributed by atoms with Gasteiger partial charge >= 0.3 is 18.7 Å². The number of nitrogens with one attached hydrogen (secondary N) is 1. The molecule has 2 amide bonds. The Morgan fingerprint density at radius 1 is 1.05 bits per heavy atom. The van der Waals surface area contributed by atoms with Crippen LogP contribution in [0.4, 0.5) is 36.4 Å². The van der Waals surface area contributed by atoms with Crippen LogP contribution in [-0.2, 0) is 11.0 Å². The fourth-order valence-corrected chi connectivity index (χ4v) is 5.86. The molecule has 1 heterocycles. The van der Waals surface area contributed by atoms with Crippen molar-refractivity contribution in [2.45, 2.75) is 69.8 Å². The molecular formula is C27H23Cl2F7N4O3S. The lowest BCUT2D eigenvalue weighted by atomic mass is 9.94. The lowest BCUT2D eigenvalue weighted by Crippen LogP contribution is -2.47. The molecule has 0 saturated heterocycles. The zero-order valence-corrected chi connectivity index (χ0v) is 24.9. The number of aryl methyl sites for hydroxylation is 1. The molecule has 1 aliphatic carbocycles. The maximum absolute atomic E-state index is 14.1. The van der Waals surface area contributed by atoms with Crippen LogP contribution >= 0.6 is 34.7 Å². The van der Waals surface area contributed by atoms with Crippen LogP contribution in [0.2, 0.25) is 10.0 Å². The summed E-state index contributed by atoms with van der Waals surface area (Å²) in [6.07, 6.45) is -10.3. The Morgan fingerprint density at radius 2 is 1.68 bits per heavy atom. The summed E-state index contributed by atoms with van der Waals surface area (Å²) < 4.78 is 102. The van der Waals surface area contributed by atoms with Gasteiger partial charge in [0, 0.05) is 11.7 Å². The van der Waals surface area contributed by atoms with Crippen molar-refractivity contribution in [3.63, 3.8) is 0 Å². The van der Waals surface area contributed by atoms with Crippen LogP contribution in [0.1, 0.15) is 64.6 Å². The minimum Gasteiger partial charge on any atom is -0.425 e. The number of hydrogen-bond donors (Lipinski definition) is 1. The van der Waals surface area contributed by atoms with E-state index in [1.807, 2.05) is 0 Å². The monoisotopic (exact) mass is 686 g/mol. The first kappa shape index (κ1) is 33.7. The van der Waals surface area contributed by atoms with Crippen LogP contribution in [-0.4, -0.2) is 40.0 Å². The predicted molar refractivity (Wildman–Crippen MR) is 149 cm³/mol. The van der Waals surface area contributed by atoms with E-state index in [0.29, 0.717) is 30.4 Å². The number of anilines is 1. The highest BCUT2D eigenvalue weighted by Gasteiger charge is 2.45. The number of halogens is 9. The van der Waals surface area contributed by atoms with E-state index >= 15 is 0 Å². The second kappa shape index (κ2) is 13.4. The van der Waals surface area contributed by atoms with Gasteiger partial charge in [0.15, 0.2) is 5.75 Å². The number of amides is 2. The molecule has 1 saturated carbocycles. The fraction of sp³-hybridized carbons (Fsp3) is 0.407. The van der Waals surface area contributed by atoms with Crippen molar-refractivity contribution in [3.05, 3.63) is 68.1 Å². The third kappa shape index (κ3) is 7.54. The van der Waals surface area contributed by atoms with E-state index in [2.05, 4.69) is 19.6 Å². The molecule has 1 fully saturated rings. The average Bonchev–Trinajstić information content (AvgIpc) is 3.39. The Hall–Kier alpha value is -3.17. The normalized spacial score (nSPS) is 15.2. The molecule has 7 nitrogen and oxygen atoms in total. The van der Waals surface area contributed by atoms with Crippen LogP contribution < -0.4 is 15.0 Å². The van der Waals surface area contributed by atoms with E-state index in [9.17, 15) is 40.3 Å². The second-order valence-corrected chi connectivity index (χ2v) is 11.5. The molecule has 1 N–H and O–H groups in total. The number of carbonyl (C=O) groups is 2. The summed E-state index contributed by atoms with van der Waals surface area (Å²) in [6.45, 7) is 1.43. The third-order valence-electron chi connectivity index (χ3n) is 6.81. The van der Waals surface area contributed by atoms with Crippen molar-refractivity contribution in [3.8, 4) is 5.75 Å². The topological polar surface area (TPSA) is 84.4 Å². The number of alkyl halides is 7. The van der Waals surface area contributed by atoms with Gasteiger partial charge in [-0.2, -0.15) is 30.7 Å². The zero-order chi connectivity index (χ0) is 32.4. The maximum Gasteiger partial charge on any atom is 0.461 e. The molecule has 0 radical (unpaired) electrons. The number of hydrogen-bond acceptors (Lipinski definition) is 6. The molecule has 1 unspecified atom stereocenters. The molecule has 44 heavy (non-hydrogen) atoms. The van der Waals surface area contributed by atoms with E-state index in [-0.39, 0.29) is 27.9 Å². The summed E-state index contributed by atoms with van der Waals surface area (Å²) in [6, 6.07) is 3.33. The summed E-state index contributed by atoms with van der Waals surface area (Å²) in [5, 5.41) is 5.09. The summed E-state index contributed by atoms with van der Waals surface area (Å²) in [4.78, 5) is 28.7. The zero-order valence-electron chi connectivity index (χ0n) is 22.6. The molecule has 0 aliphatic heterocycles.